The largest absolute Gasteiger partial charge is 0.396 e. The molecular weight excluding hydrogens is 426 g/mol. The Morgan fingerprint density at radius 2 is 2.00 bits per heavy atom. The van der Waals surface area contributed by atoms with Crippen molar-refractivity contribution in [2.45, 2.75) is 56.1 Å². The van der Waals surface area contributed by atoms with Gasteiger partial charge in [-0.15, -0.1) is 0 Å². The number of nitrogens with one attached hydrogen (secondary N) is 1. The minimum absolute atomic E-state index is 0.158. The Morgan fingerprint density at radius 1 is 1.30 bits per heavy atom. The van der Waals surface area contributed by atoms with E-state index in [-0.39, 0.29) is 16.1 Å². The van der Waals surface area contributed by atoms with Gasteiger partial charge >= 0.3 is 0 Å². The monoisotopic (exact) mass is 449 g/mol. The standard InChI is InChI=1S/C20H24ClN5O3S/c1-12-3-4-14(30(28,29)25-13-5-7-20(2,27)8-6-13)9-15(12)17-11-23-19-16(22)10-18(21)24-26(17)19/h3-4,9-11,13,25,27H,5-8,22H2,1-2H3. The Kier molecular flexibility index (Phi) is 5.26. The van der Waals surface area contributed by atoms with Gasteiger partial charge < -0.3 is 10.8 Å². The molecule has 0 unspecified atom stereocenters. The first-order valence-electron chi connectivity index (χ1n) is 9.71. The van der Waals surface area contributed by atoms with Crippen LogP contribution in [0.15, 0.2) is 35.4 Å². The van der Waals surface area contributed by atoms with Crippen LogP contribution in [0, 0.1) is 6.92 Å². The number of anilines is 1. The fraction of sp³-hybridized carbons (Fsp3) is 0.400. The molecule has 30 heavy (non-hydrogen) atoms. The van der Waals surface area contributed by atoms with Crippen molar-refractivity contribution in [2.75, 3.05) is 5.73 Å². The van der Waals surface area contributed by atoms with Crippen LogP contribution in [-0.4, -0.2) is 39.8 Å². The summed E-state index contributed by atoms with van der Waals surface area (Å²) in [4.78, 5) is 4.46. The van der Waals surface area contributed by atoms with Crippen molar-refractivity contribution in [1.82, 2.24) is 19.3 Å². The molecule has 0 saturated heterocycles. The van der Waals surface area contributed by atoms with Crippen LogP contribution < -0.4 is 10.5 Å². The Balaban J connectivity index is 1.69. The number of halogens is 1. The molecule has 2 heterocycles. The molecular formula is C20H24ClN5O3S. The second-order valence-corrected chi connectivity index (χ2v) is 10.3. The molecule has 2 aromatic heterocycles. The van der Waals surface area contributed by atoms with Crippen molar-refractivity contribution >= 4 is 33.0 Å². The maximum Gasteiger partial charge on any atom is 0.240 e. The molecule has 3 aromatic rings. The topological polar surface area (TPSA) is 123 Å². The second-order valence-electron chi connectivity index (χ2n) is 8.17. The van der Waals surface area contributed by atoms with Crippen LogP contribution in [0.25, 0.3) is 16.9 Å². The lowest BCUT2D eigenvalue weighted by molar-refractivity contribution is 0.0163. The van der Waals surface area contributed by atoms with Crippen LogP contribution in [-0.2, 0) is 10.0 Å². The van der Waals surface area contributed by atoms with Crippen molar-refractivity contribution in [1.29, 1.82) is 0 Å². The van der Waals surface area contributed by atoms with Crippen LogP contribution in [0.1, 0.15) is 38.2 Å². The summed E-state index contributed by atoms with van der Waals surface area (Å²) in [5.41, 5.74) is 8.23. The number of hydrogen-bond acceptors (Lipinski definition) is 6. The summed E-state index contributed by atoms with van der Waals surface area (Å²) >= 11 is 6.05. The van der Waals surface area contributed by atoms with Gasteiger partial charge in [-0.05, 0) is 57.2 Å². The van der Waals surface area contributed by atoms with Crippen LogP contribution >= 0.6 is 11.6 Å². The number of nitrogen functional groups attached to an aromatic ring is 1. The molecule has 1 aliphatic rings. The first-order valence-corrected chi connectivity index (χ1v) is 11.6. The third-order valence-corrected chi connectivity index (χ3v) is 7.35. The van der Waals surface area contributed by atoms with Gasteiger partial charge in [0.1, 0.15) is 0 Å². The summed E-state index contributed by atoms with van der Waals surface area (Å²) in [6.45, 7) is 3.67. The molecule has 4 rings (SSSR count). The molecule has 4 N–H and O–H groups in total. The van der Waals surface area contributed by atoms with Crippen LogP contribution in [0.4, 0.5) is 5.69 Å². The first kappa shape index (κ1) is 21.0. The van der Waals surface area contributed by atoms with Gasteiger partial charge in [-0.3, -0.25) is 0 Å². The van der Waals surface area contributed by atoms with E-state index in [0.717, 1.165) is 5.56 Å². The lowest BCUT2D eigenvalue weighted by Gasteiger charge is -2.33. The van der Waals surface area contributed by atoms with Crippen LogP contribution in [0.3, 0.4) is 0 Å². The third-order valence-electron chi connectivity index (χ3n) is 5.65. The lowest BCUT2D eigenvalue weighted by atomic mass is 9.84. The number of rotatable bonds is 4. The second kappa shape index (κ2) is 7.49. The van der Waals surface area contributed by atoms with Crippen molar-refractivity contribution in [3.8, 4) is 11.3 Å². The number of nitrogens with two attached hydrogens (primary N) is 1. The summed E-state index contributed by atoms with van der Waals surface area (Å²) < 4.78 is 30.3. The van der Waals surface area contributed by atoms with Gasteiger partial charge in [0.25, 0.3) is 0 Å². The van der Waals surface area contributed by atoms with Crippen molar-refractivity contribution < 1.29 is 13.5 Å². The van der Waals surface area contributed by atoms with Gasteiger partial charge in [-0.25, -0.2) is 22.6 Å². The Bertz CT molecular complexity index is 1210. The number of sulfonamides is 1. The van der Waals surface area contributed by atoms with Crippen molar-refractivity contribution in [3.05, 3.63) is 41.2 Å². The summed E-state index contributed by atoms with van der Waals surface area (Å²) in [6, 6.07) is 6.27. The Hall–Kier alpha value is -2.20. The zero-order chi connectivity index (χ0) is 21.7. The molecule has 1 fully saturated rings. The van der Waals surface area contributed by atoms with E-state index in [2.05, 4.69) is 14.8 Å². The maximum atomic E-state index is 13.0. The van der Waals surface area contributed by atoms with E-state index in [9.17, 15) is 13.5 Å². The highest BCUT2D eigenvalue weighted by Crippen LogP contribution is 2.31. The molecule has 0 bridgehead atoms. The maximum absolute atomic E-state index is 13.0. The molecule has 1 aliphatic carbocycles. The number of hydrogen-bond donors (Lipinski definition) is 3. The molecule has 1 saturated carbocycles. The van der Waals surface area contributed by atoms with E-state index in [1.165, 1.54) is 10.6 Å². The molecule has 10 heteroatoms. The van der Waals surface area contributed by atoms with E-state index in [4.69, 9.17) is 17.3 Å². The summed E-state index contributed by atoms with van der Waals surface area (Å²) in [5.74, 6) is 0. The zero-order valence-corrected chi connectivity index (χ0v) is 18.3. The highest BCUT2D eigenvalue weighted by atomic mass is 35.5. The molecule has 0 atom stereocenters. The van der Waals surface area contributed by atoms with Crippen LogP contribution in [0.5, 0.6) is 0 Å². The summed E-state index contributed by atoms with van der Waals surface area (Å²) in [7, 11) is -3.73. The van der Waals surface area contributed by atoms with E-state index in [0.29, 0.717) is 48.3 Å². The SMILES string of the molecule is Cc1ccc(S(=O)(=O)NC2CCC(C)(O)CC2)cc1-c1cnc2c(N)cc(Cl)nn12. The van der Waals surface area contributed by atoms with Crippen molar-refractivity contribution in [2.24, 2.45) is 0 Å². The molecule has 0 aliphatic heterocycles. The molecule has 160 valence electrons. The van der Waals surface area contributed by atoms with Gasteiger partial charge in [0.15, 0.2) is 10.8 Å². The minimum Gasteiger partial charge on any atom is -0.396 e. The molecule has 0 radical (unpaired) electrons. The van der Waals surface area contributed by atoms with Gasteiger partial charge in [0.2, 0.25) is 10.0 Å². The van der Waals surface area contributed by atoms with Gasteiger partial charge in [0, 0.05) is 17.7 Å². The summed E-state index contributed by atoms with van der Waals surface area (Å²) in [6.07, 6.45) is 3.92. The third kappa shape index (κ3) is 4.02. The Morgan fingerprint density at radius 3 is 2.70 bits per heavy atom. The normalized spacial score (nSPS) is 22.5. The lowest BCUT2D eigenvalue weighted by Crippen LogP contribution is -2.42. The first-order chi connectivity index (χ1) is 14.1. The molecule has 0 spiro atoms. The average Bonchev–Trinajstić information content (AvgIpc) is 3.07. The zero-order valence-electron chi connectivity index (χ0n) is 16.8. The van der Waals surface area contributed by atoms with Gasteiger partial charge in [-0.1, -0.05) is 17.7 Å². The fourth-order valence-electron chi connectivity index (χ4n) is 3.83. The molecule has 1 aromatic carbocycles. The van der Waals surface area contributed by atoms with Gasteiger partial charge in [0.05, 0.1) is 28.1 Å². The van der Waals surface area contributed by atoms with Gasteiger partial charge in [-0.2, -0.15) is 5.10 Å². The van der Waals surface area contributed by atoms with Crippen molar-refractivity contribution in [3.63, 3.8) is 0 Å². The fourth-order valence-corrected chi connectivity index (χ4v) is 5.36. The van der Waals surface area contributed by atoms with E-state index < -0.39 is 15.6 Å². The molecule has 8 nitrogen and oxygen atoms in total. The smallest absolute Gasteiger partial charge is 0.240 e. The van der Waals surface area contributed by atoms with E-state index >= 15 is 0 Å². The number of fused-ring (bicyclic) bond motifs is 1. The van der Waals surface area contributed by atoms with Crippen LogP contribution in [0.2, 0.25) is 5.15 Å². The minimum atomic E-state index is -3.73. The van der Waals surface area contributed by atoms with E-state index in [1.54, 1.807) is 31.3 Å². The highest BCUT2D eigenvalue weighted by molar-refractivity contribution is 7.89. The Labute approximate surface area is 180 Å². The predicted octanol–water partition coefficient (Wildman–Crippen LogP) is 2.91. The van der Waals surface area contributed by atoms with E-state index in [1.807, 2.05) is 6.92 Å². The summed E-state index contributed by atoms with van der Waals surface area (Å²) in [5, 5.41) is 14.6. The number of aromatic nitrogens is 3. The number of nitrogens with zero attached hydrogens (tertiary/aromatic N) is 3. The number of aliphatic hydroxyl groups is 1. The predicted molar refractivity (Wildman–Crippen MR) is 116 cm³/mol. The number of aryl methyl sites for hydroxylation is 1. The number of benzene rings is 1. The average molecular weight is 450 g/mol. The molecule has 0 amide bonds. The highest BCUT2D eigenvalue weighted by Gasteiger charge is 2.31. The quantitative estimate of drug-likeness (QED) is 0.562. The number of imidazole rings is 1.